The summed E-state index contributed by atoms with van der Waals surface area (Å²) in [5.41, 5.74) is 1.28. The van der Waals surface area contributed by atoms with E-state index in [0.29, 0.717) is 13.1 Å². The Balaban J connectivity index is 1.17. The standard InChI is InChI=1S/C23H30N4O2S/c28-22(19-6-4-11-27(18-19)23(29)21-9-5-17-30-21)24-10-12-25-13-15-26(16-14-25)20-7-2-1-3-8-20/h1-3,5,7-9,17,19H,4,6,10-16,18H2,(H,24,28). The lowest BCUT2D eigenvalue weighted by Gasteiger charge is -2.36. The summed E-state index contributed by atoms with van der Waals surface area (Å²) in [7, 11) is 0. The van der Waals surface area contributed by atoms with Crippen LogP contribution in [-0.2, 0) is 4.79 Å². The van der Waals surface area contributed by atoms with Gasteiger partial charge in [0.1, 0.15) is 0 Å². The highest BCUT2D eigenvalue weighted by Gasteiger charge is 2.29. The summed E-state index contributed by atoms with van der Waals surface area (Å²) in [5.74, 6) is 0.0398. The number of nitrogens with zero attached hydrogens (tertiary/aromatic N) is 3. The van der Waals surface area contributed by atoms with E-state index < -0.39 is 0 Å². The average Bonchev–Trinajstić information content (AvgIpc) is 3.35. The van der Waals surface area contributed by atoms with E-state index in [2.05, 4.69) is 39.4 Å². The first-order chi connectivity index (χ1) is 14.7. The molecular formula is C23H30N4O2S. The van der Waals surface area contributed by atoms with Gasteiger partial charge in [-0.1, -0.05) is 24.3 Å². The maximum absolute atomic E-state index is 12.7. The van der Waals surface area contributed by atoms with E-state index in [0.717, 1.165) is 57.0 Å². The molecule has 1 aromatic heterocycles. The average molecular weight is 427 g/mol. The Hall–Kier alpha value is -2.38. The predicted molar refractivity (Wildman–Crippen MR) is 121 cm³/mol. The highest BCUT2D eigenvalue weighted by molar-refractivity contribution is 7.12. The van der Waals surface area contributed by atoms with Crippen molar-refractivity contribution in [3.63, 3.8) is 0 Å². The molecule has 1 atom stereocenters. The van der Waals surface area contributed by atoms with E-state index in [1.54, 1.807) is 0 Å². The van der Waals surface area contributed by atoms with Crippen molar-refractivity contribution in [2.75, 3.05) is 57.3 Å². The molecule has 160 valence electrons. The molecule has 6 nitrogen and oxygen atoms in total. The third-order valence-corrected chi connectivity index (χ3v) is 6.89. The van der Waals surface area contributed by atoms with Gasteiger partial charge in [-0.2, -0.15) is 0 Å². The number of amides is 2. The van der Waals surface area contributed by atoms with Crippen LogP contribution < -0.4 is 10.2 Å². The summed E-state index contributed by atoms with van der Waals surface area (Å²) in [6.07, 6.45) is 1.74. The molecule has 7 heteroatoms. The van der Waals surface area contributed by atoms with E-state index in [-0.39, 0.29) is 17.7 Å². The number of likely N-dealkylation sites (tertiary alicyclic amines) is 1. The molecular weight excluding hydrogens is 396 g/mol. The summed E-state index contributed by atoms with van der Waals surface area (Å²) < 4.78 is 0. The number of para-hydroxylation sites is 1. The molecule has 2 aromatic rings. The van der Waals surface area contributed by atoms with Gasteiger partial charge in [0, 0.05) is 58.0 Å². The molecule has 0 radical (unpaired) electrons. The van der Waals surface area contributed by atoms with Crippen molar-refractivity contribution in [2.45, 2.75) is 12.8 Å². The zero-order chi connectivity index (χ0) is 20.8. The van der Waals surface area contributed by atoms with Crippen LogP contribution in [0.4, 0.5) is 5.69 Å². The highest BCUT2D eigenvalue weighted by Crippen LogP contribution is 2.21. The van der Waals surface area contributed by atoms with E-state index in [1.807, 2.05) is 28.5 Å². The van der Waals surface area contributed by atoms with Crippen molar-refractivity contribution in [3.8, 4) is 0 Å². The second-order valence-corrected chi connectivity index (χ2v) is 8.97. The minimum absolute atomic E-state index is 0.0544. The molecule has 2 aliphatic heterocycles. The monoisotopic (exact) mass is 426 g/mol. The molecule has 30 heavy (non-hydrogen) atoms. The van der Waals surface area contributed by atoms with Crippen molar-refractivity contribution < 1.29 is 9.59 Å². The Kier molecular flexibility index (Phi) is 7.02. The van der Waals surface area contributed by atoms with Crippen LogP contribution in [-0.4, -0.2) is 74.0 Å². The van der Waals surface area contributed by atoms with Crippen LogP contribution in [0.5, 0.6) is 0 Å². The number of hydrogen-bond acceptors (Lipinski definition) is 5. The first-order valence-corrected chi connectivity index (χ1v) is 11.7. The second kappa shape index (κ2) is 10.1. The van der Waals surface area contributed by atoms with Gasteiger partial charge in [-0.15, -0.1) is 11.3 Å². The van der Waals surface area contributed by atoms with Crippen molar-refractivity contribution >= 4 is 28.8 Å². The van der Waals surface area contributed by atoms with Crippen LogP contribution in [0.3, 0.4) is 0 Å². The smallest absolute Gasteiger partial charge is 0.263 e. The molecule has 1 N–H and O–H groups in total. The van der Waals surface area contributed by atoms with Crippen LogP contribution in [0.25, 0.3) is 0 Å². The molecule has 2 amide bonds. The van der Waals surface area contributed by atoms with Gasteiger partial charge in [0.25, 0.3) is 5.91 Å². The Labute approximate surface area is 182 Å². The molecule has 0 bridgehead atoms. The molecule has 1 aromatic carbocycles. The summed E-state index contributed by atoms with van der Waals surface area (Å²) in [6, 6.07) is 14.3. The van der Waals surface area contributed by atoms with Gasteiger partial charge in [0.05, 0.1) is 10.8 Å². The highest BCUT2D eigenvalue weighted by atomic mass is 32.1. The van der Waals surface area contributed by atoms with Crippen LogP contribution in [0, 0.1) is 5.92 Å². The van der Waals surface area contributed by atoms with E-state index in [4.69, 9.17) is 0 Å². The third kappa shape index (κ3) is 5.21. The number of carbonyl (C=O) groups excluding carboxylic acids is 2. The fraction of sp³-hybridized carbons (Fsp3) is 0.478. The minimum atomic E-state index is -0.0995. The first-order valence-electron chi connectivity index (χ1n) is 10.8. The molecule has 1 unspecified atom stereocenters. The van der Waals surface area contributed by atoms with Crippen molar-refractivity contribution in [1.82, 2.24) is 15.1 Å². The first kappa shape index (κ1) is 20.9. The molecule has 3 heterocycles. The molecule has 0 spiro atoms. The maximum Gasteiger partial charge on any atom is 0.263 e. The topological polar surface area (TPSA) is 55.9 Å². The Bertz CT molecular complexity index is 819. The number of benzene rings is 1. The number of anilines is 1. The normalized spacial score (nSPS) is 20.2. The lowest BCUT2D eigenvalue weighted by molar-refractivity contribution is -0.126. The number of nitrogens with one attached hydrogen (secondary N) is 1. The lowest BCUT2D eigenvalue weighted by atomic mass is 9.97. The molecule has 0 saturated carbocycles. The number of hydrogen-bond donors (Lipinski definition) is 1. The van der Waals surface area contributed by atoms with Gasteiger partial charge in [-0.05, 0) is 36.4 Å². The lowest BCUT2D eigenvalue weighted by Crippen LogP contribution is -2.49. The summed E-state index contributed by atoms with van der Waals surface area (Å²) in [5, 5.41) is 5.02. The molecule has 2 saturated heterocycles. The van der Waals surface area contributed by atoms with Gasteiger partial charge in [0.2, 0.25) is 5.91 Å². The number of rotatable bonds is 6. The largest absolute Gasteiger partial charge is 0.369 e. The maximum atomic E-state index is 12.7. The van der Waals surface area contributed by atoms with Gasteiger partial charge < -0.3 is 15.1 Å². The van der Waals surface area contributed by atoms with Crippen LogP contribution >= 0.6 is 11.3 Å². The molecule has 2 aliphatic rings. The summed E-state index contributed by atoms with van der Waals surface area (Å²) in [4.78, 5) is 32.6. The van der Waals surface area contributed by atoms with E-state index in [9.17, 15) is 9.59 Å². The molecule has 2 fully saturated rings. The van der Waals surface area contributed by atoms with Crippen molar-refractivity contribution in [1.29, 1.82) is 0 Å². The fourth-order valence-corrected chi connectivity index (χ4v) is 4.97. The number of piperidine rings is 1. The molecule has 4 rings (SSSR count). The quantitative estimate of drug-likeness (QED) is 0.771. The SMILES string of the molecule is O=C(NCCN1CCN(c2ccccc2)CC1)C1CCCN(C(=O)c2cccs2)C1. The molecule has 0 aliphatic carbocycles. The van der Waals surface area contributed by atoms with Crippen LogP contribution in [0.15, 0.2) is 47.8 Å². The van der Waals surface area contributed by atoms with Crippen molar-refractivity contribution in [3.05, 3.63) is 52.7 Å². The van der Waals surface area contributed by atoms with E-state index >= 15 is 0 Å². The number of carbonyl (C=O) groups is 2. The fourth-order valence-electron chi connectivity index (χ4n) is 4.28. The van der Waals surface area contributed by atoms with Gasteiger partial charge in [-0.3, -0.25) is 14.5 Å². The van der Waals surface area contributed by atoms with Gasteiger partial charge >= 0.3 is 0 Å². The number of piperazine rings is 1. The van der Waals surface area contributed by atoms with Gasteiger partial charge in [0.15, 0.2) is 0 Å². The number of thiophene rings is 1. The van der Waals surface area contributed by atoms with Crippen LogP contribution in [0.1, 0.15) is 22.5 Å². The zero-order valence-electron chi connectivity index (χ0n) is 17.3. The predicted octanol–water partition coefficient (Wildman–Crippen LogP) is 2.54. The second-order valence-electron chi connectivity index (χ2n) is 8.02. The Morgan fingerprint density at radius 1 is 1.00 bits per heavy atom. The Morgan fingerprint density at radius 2 is 1.80 bits per heavy atom. The van der Waals surface area contributed by atoms with Gasteiger partial charge in [-0.25, -0.2) is 0 Å². The van der Waals surface area contributed by atoms with Crippen LogP contribution in [0.2, 0.25) is 0 Å². The summed E-state index contributed by atoms with van der Waals surface area (Å²) >= 11 is 1.46. The zero-order valence-corrected chi connectivity index (χ0v) is 18.2. The minimum Gasteiger partial charge on any atom is -0.369 e. The third-order valence-electron chi connectivity index (χ3n) is 6.03. The summed E-state index contributed by atoms with van der Waals surface area (Å²) in [6.45, 7) is 6.86. The Morgan fingerprint density at radius 3 is 2.53 bits per heavy atom. The van der Waals surface area contributed by atoms with Crippen molar-refractivity contribution in [2.24, 2.45) is 5.92 Å². The van der Waals surface area contributed by atoms with E-state index in [1.165, 1.54) is 17.0 Å².